The molecule has 30 heavy (non-hydrogen) atoms. The molecule has 1 aliphatic rings. The van der Waals surface area contributed by atoms with E-state index in [4.69, 9.17) is 9.73 Å². The predicted molar refractivity (Wildman–Crippen MR) is 128 cm³/mol. The number of ether oxygens (including phenoxy) is 1. The second-order valence-corrected chi connectivity index (χ2v) is 8.65. The molecule has 5 heteroatoms. The number of carbonyl (C=O) groups excluding carboxylic acids is 1. The maximum Gasteiger partial charge on any atom is 0.266 e. The Morgan fingerprint density at radius 1 is 1.20 bits per heavy atom. The van der Waals surface area contributed by atoms with Crippen LogP contribution in [0, 0.1) is 6.92 Å². The van der Waals surface area contributed by atoms with Gasteiger partial charge in [0.25, 0.3) is 5.91 Å². The lowest BCUT2D eigenvalue weighted by atomic mass is 9.96. The lowest BCUT2D eigenvalue weighted by molar-refractivity contribution is -0.122. The number of hydrogen-bond acceptors (Lipinski definition) is 4. The number of para-hydroxylation sites is 1. The molecule has 0 unspecified atom stereocenters. The van der Waals surface area contributed by atoms with Crippen LogP contribution in [0.1, 0.15) is 55.9 Å². The van der Waals surface area contributed by atoms with Gasteiger partial charge in [-0.25, -0.2) is 4.99 Å². The number of aryl methyl sites for hydroxylation is 2. The molecule has 2 aromatic carbocycles. The van der Waals surface area contributed by atoms with Crippen molar-refractivity contribution in [2.24, 2.45) is 4.99 Å². The van der Waals surface area contributed by atoms with Crippen molar-refractivity contribution >= 4 is 34.6 Å². The standard InChI is InChI=1S/C25H30N2O2S/c1-7-18-11-9-10-12-21(18)26-25-27(8-2)24(28)23(30-25)15-19-14-20(16(3)4)22(29-6)13-17(19)5/h9-16H,7-8H2,1-6H3/b23-15+,26-25?. The zero-order chi connectivity index (χ0) is 21.8. The van der Waals surface area contributed by atoms with Gasteiger partial charge in [0.1, 0.15) is 5.75 Å². The van der Waals surface area contributed by atoms with Crippen molar-refractivity contribution in [1.82, 2.24) is 4.90 Å². The highest BCUT2D eigenvalue weighted by Gasteiger charge is 2.32. The van der Waals surface area contributed by atoms with Gasteiger partial charge in [0, 0.05) is 6.54 Å². The largest absolute Gasteiger partial charge is 0.496 e. The second-order valence-electron chi connectivity index (χ2n) is 7.64. The molecule has 0 saturated carbocycles. The predicted octanol–water partition coefficient (Wildman–Crippen LogP) is 6.31. The number of rotatable bonds is 6. The van der Waals surface area contributed by atoms with Gasteiger partial charge in [-0.05, 0) is 84.5 Å². The summed E-state index contributed by atoms with van der Waals surface area (Å²) in [6.45, 7) is 11.0. The summed E-state index contributed by atoms with van der Waals surface area (Å²) in [6.07, 6.45) is 2.90. The average molecular weight is 423 g/mol. The molecule has 3 rings (SSSR count). The molecular weight excluding hydrogens is 392 g/mol. The fourth-order valence-electron chi connectivity index (χ4n) is 3.53. The summed E-state index contributed by atoms with van der Waals surface area (Å²) in [4.78, 5) is 20.4. The first kappa shape index (κ1) is 22.2. The van der Waals surface area contributed by atoms with Crippen molar-refractivity contribution in [2.75, 3.05) is 13.7 Å². The Hall–Kier alpha value is -2.53. The van der Waals surface area contributed by atoms with Gasteiger partial charge in [-0.2, -0.15) is 0 Å². The van der Waals surface area contributed by atoms with Crippen molar-refractivity contribution < 1.29 is 9.53 Å². The summed E-state index contributed by atoms with van der Waals surface area (Å²) in [5.74, 6) is 1.24. The minimum absolute atomic E-state index is 0.0107. The molecule has 1 saturated heterocycles. The fraction of sp³-hybridized carbons (Fsp3) is 0.360. The summed E-state index contributed by atoms with van der Waals surface area (Å²) < 4.78 is 5.55. The number of amidine groups is 1. The second kappa shape index (κ2) is 9.52. The molecule has 0 aromatic heterocycles. The van der Waals surface area contributed by atoms with Crippen molar-refractivity contribution in [3.63, 3.8) is 0 Å². The molecule has 1 fully saturated rings. The fourth-order valence-corrected chi connectivity index (χ4v) is 4.58. The minimum atomic E-state index is 0.0107. The molecule has 0 spiro atoms. The van der Waals surface area contributed by atoms with E-state index < -0.39 is 0 Å². The molecule has 4 nitrogen and oxygen atoms in total. The van der Waals surface area contributed by atoms with Crippen LogP contribution in [-0.4, -0.2) is 29.6 Å². The van der Waals surface area contributed by atoms with Crippen LogP contribution in [0.2, 0.25) is 0 Å². The number of carbonyl (C=O) groups is 1. The van der Waals surface area contributed by atoms with E-state index >= 15 is 0 Å². The Kier molecular flexibility index (Phi) is 7.03. The minimum Gasteiger partial charge on any atom is -0.496 e. The number of aliphatic imine (C=N–C) groups is 1. The molecular formula is C25H30N2O2S. The molecule has 0 atom stereocenters. The molecule has 2 aromatic rings. The molecule has 158 valence electrons. The summed E-state index contributed by atoms with van der Waals surface area (Å²) in [5, 5.41) is 0.741. The van der Waals surface area contributed by atoms with Crippen LogP contribution in [0.3, 0.4) is 0 Å². The SMILES string of the molecule is CCc1ccccc1N=C1S/C(=C/c2cc(C(C)C)c(OC)cc2C)C(=O)N1CC. The van der Waals surface area contributed by atoms with E-state index in [0.29, 0.717) is 17.4 Å². The molecule has 1 heterocycles. The first-order chi connectivity index (χ1) is 14.4. The number of amides is 1. The number of methoxy groups -OCH3 is 1. The van der Waals surface area contributed by atoms with Gasteiger partial charge >= 0.3 is 0 Å². The van der Waals surface area contributed by atoms with E-state index in [1.165, 1.54) is 17.3 Å². The number of nitrogens with zero attached hydrogens (tertiary/aromatic N) is 2. The van der Waals surface area contributed by atoms with E-state index in [2.05, 4.69) is 39.0 Å². The topological polar surface area (TPSA) is 41.9 Å². The van der Waals surface area contributed by atoms with E-state index in [1.54, 1.807) is 12.0 Å². The van der Waals surface area contributed by atoms with Gasteiger partial charge < -0.3 is 4.74 Å². The van der Waals surface area contributed by atoms with Crippen LogP contribution in [0.15, 0.2) is 46.3 Å². The summed E-state index contributed by atoms with van der Waals surface area (Å²) >= 11 is 1.45. The van der Waals surface area contributed by atoms with Gasteiger partial charge in [0.05, 0.1) is 17.7 Å². The third-order valence-electron chi connectivity index (χ3n) is 5.32. The van der Waals surface area contributed by atoms with Crippen molar-refractivity contribution in [2.45, 2.75) is 47.0 Å². The molecule has 0 N–H and O–H groups in total. The van der Waals surface area contributed by atoms with E-state index in [1.807, 2.05) is 38.1 Å². The van der Waals surface area contributed by atoms with Gasteiger partial charge in [-0.15, -0.1) is 0 Å². The Labute approximate surface area is 184 Å². The Morgan fingerprint density at radius 2 is 1.93 bits per heavy atom. The lowest BCUT2D eigenvalue weighted by Crippen LogP contribution is -2.28. The van der Waals surface area contributed by atoms with Gasteiger partial charge in [0.15, 0.2) is 5.17 Å². The smallest absolute Gasteiger partial charge is 0.266 e. The summed E-state index contributed by atoms with van der Waals surface area (Å²) in [5.41, 5.74) is 5.38. The monoisotopic (exact) mass is 422 g/mol. The third kappa shape index (κ3) is 4.46. The zero-order valence-corrected chi connectivity index (χ0v) is 19.5. The highest BCUT2D eigenvalue weighted by atomic mass is 32.2. The van der Waals surface area contributed by atoms with Crippen molar-refractivity contribution in [1.29, 1.82) is 0 Å². The van der Waals surface area contributed by atoms with Gasteiger partial charge in [-0.3, -0.25) is 9.69 Å². The van der Waals surface area contributed by atoms with Crippen LogP contribution in [-0.2, 0) is 11.2 Å². The maximum atomic E-state index is 13.1. The van der Waals surface area contributed by atoms with E-state index in [0.717, 1.165) is 39.7 Å². The van der Waals surface area contributed by atoms with Crippen LogP contribution >= 0.6 is 11.8 Å². The van der Waals surface area contributed by atoms with Gasteiger partial charge in [-0.1, -0.05) is 39.0 Å². The first-order valence-electron chi connectivity index (χ1n) is 10.5. The van der Waals surface area contributed by atoms with Crippen LogP contribution < -0.4 is 4.74 Å². The quantitative estimate of drug-likeness (QED) is 0.512. The Morgan fingerprint density at radius 3 is 2.57 bits per heavy atom. The van der Waals surface area contributed by atoms with Crippen molar-refractivity contribution in [3.8, 4) is 5.75 Å². The lowest BCUT2D eigenvalue weighted by Gasteiger charge is -2.15. The molecule has 0 aliphatic carbocycles. The van der Waals surface area contributed by atoms with Gasteiger partial charge in [0.2, 0.25) is 0 Å². The molecule has 1 amide bonds. The molecule has 1 aliphatic heterocycles. The number of thioether (sulfide) groups is 1. The maximum absolute atomic E-state index is 13.1. The van der Waals surface area contributed by atoms with Crippen molar-refractivity contribution in [3.05, 3.63) is 63.6 Å². The number of hydrogen-bond donors (Lipinski definition) is 0. The summed E-state index contributed by atoms with van der Waals surface area (Å²) in [7, 11) is 1.70. The third-order valence-corrected chi connectivity index (χ3v) is 6.33. The molecule has 0 radical (unpaired) electrons. The Balaban J connectivity index is 2.02. The highest BCUT2D eigenvalue weighted by molar-refractivity contribution is 8.18. The number of benzene rings is 2. The molecule has 0 bridgehead atoms. The Bertz CT molecular complexity index is 1010. The van der Waals surface area contributed by atoms with Crippen LogP contribution in [0.5, 0.6) is 5.75 Å². The number of likely N-dealkylation sites (N-methyl/N-ethyl adjacent to an activating group) is 1. The first-order valence-corrected chi connectivity index (χ1v) is 11.3. The zero-order valence-electron chi connectivity index (χ0n) is 18.7. The average Bonchev–Trinajstić information content (AvgIpc) is 3.03. The van der Waals surface area contributed by atoms with Crippen LogP contribution in [0.25, 0.3) is 6.08 Å². The van der Waals surface area contributed by atoms with E-state index in [9.17, 15) is 4.79 Å². The highest BCUT2D eigenvalue weighted by Crippen LogP contribution is 2.37. The normalized spacial score (nSPS) is 16.9. The summed E-state index contributed by atoms with van der Waals surface area (Å²) in [6, 6.07) is 12.3. The van der Waals surface area contributed by atoms with Crippen LogP contribution in [0.4, 0.5) is 5.69 Å². The van der Waals surface area contributed by atoms with E-state index in [-0.39, 0.29) is 5.91 Å².